The summed E-state index contributed by atoms with van der Waals surface area (Å²) < 4.78 is 1.58. The van der Waals surface area contributed by atoms with Crippen molar-refractivity contribution < 1.29 is 0 Å². The lowest BCUT2D eigenvalue weighted by Crippen LogP contribution is -2.02. The zero-order valence-corrected chi connectivity index (χ0v) is 14.9. The Morgan fingerprint density at radius 1 is 1.08 bits per heavy atom. The number of halogens is 1. The van der Waals surface area contributed by atoms with Gasteiger partial charge >= 0.3 is 0 Å². The zero-order chi connectivity index (χ0) is 17.4. The summed E-state index contributed by atoms with van der Waals surface area (Å²) in [5.41, 5.74) is 10.8. The van der Waals surface area contributed by atoms with Crippen LogP contribution >= 0.6 is 22.9 Å². The lowest BCUT2D eigenvalue weighted by Gasteiger charge is -2.03. The van der Waals surface area contributed by atoms with E-state index in [9.17, 15) is 0 Å². The smallest absolute Gasteiger partial charge is 0.165 e. The van der Waals surface area contributed by atoms with E-state index in [0.29, 0.717) is 16.5 Å². The number of nitrogens with two attached hydrogens (primary N) is 1. The van der Waals surface area contributed by atoms with Gasteiger partial charge in [-0.3, -0.25) is 0 Å². The van der Waals surface area contributed by atoms with Crippen LogP contribution in [0.15, 0.2) is 53.9 Å². The standard InChI is InChI=1S/C18H14ClN5S/c1-11-4-2-3-5-14(11)15-10-25-18(21-15)16-17(20)24(23-22-16)13-8-6-12(19)7-9-13/h2-10H,20H2,1H3. The number of nitrogens with zero attached hydrogens (tertiary/aromatic N) is 4. The normalized spacial score (nSPS) is 11.0. The molecular formula is C18H14ClN5S. The molecule has 4 rings (SSSR count). The van der Waals surface area contributed by atoms with Crippen molar-refractivity contribution in [2.45, 2.75) is 6.92 Å². The molecule has 0 aliphatic carbocycles. The molecule has 4 aromatic rings. The van der Waals surface area contributed by atoms with Crippen molar-refractivity contribution in [1.29, 1.82) is 0 Å². The third kappa shape index (κ3) is 2.90. The molecule has 7 heteroatoms. The summed E-state index contributed by atoms with van der Waals surface area (Å²) in [6, 6.07) is 15.4. The molecule has 0 unspecified atom stereocenters. The molecule has 0 radical (unpaired) electrons. The van der Waals surface area contributed by atoms with Gasteiger partial charge in [-0.2, -0.15) is 4.68 Å². The highest BCUT2D eigenvalue weighted by Gasteiger charge is 2.17. The molecule has 0 spiro atoms. The lowest BCUT2D eigenvalue weighted by molar-refractivity contribution is 0.810. The lowest BCUT2D eigenvalue weighted by atomic mass is 10.1. The monoisotopic (exact) mass is 367 g/mol. The summed E-state index contributed by atoms with van der Waals surface area (Å²) in [5.74, 6) is 0.452. The van der Waals surface area contributed by atoms with Crippen LogP contribution in [0, 0.1) is 6.92 Å². The number of hydrogen-bond acceptors (Lipinski definition) is 5. The molecule has 0 fully saturated rings. The van der Waals surface area contributed by atoms with E-state index in [1.165, 1.54) is 16.9 Å². The first-order valence-electron chi connectivity index (χ1n) is 7.62. The molecule has 2 N–H and O–H groups in total. The van der Waals surface area contributed by atoms with E-state index in [1.807, 2.05) is 29.6 Å². The maximum atomic E-state index is 6.25. The predicted octanol–water partition coefficient (Wildman–Crippen LogP) is 4.60. The van der Waals surface area contributed by atoms with E-state index in [-0.39, 0.29) is 0 Å². The van der Waals surface area contributed by atoms with Gasteiger partial charge in [0.1, 0.15) is 5.01 Å². The van der Waals surface area contributed by atoms with E-state index < -0.39 is 0 Å². The Labute approximate surface area is 153 Å². The molecule has 0 atom stereocenters. The third-order valence-electron chi connectivity index (χ3n) is 3.90. The summed E-state index contributed by atoms with van der Waals surface area (Å²) in [4.78, 5) is 4.70. The predicted molar refractivity (Wildman–Crippen MR) is 102 cm³/mol. The summed E-state index contributed by atoms with van der Waals surface area (Å²) >= 11 is 7.43. The van der Waals surface area contributed by atoms with Gasteiger partial charge in [0.15, 0.2) is 11.5 Å². The number of rotatable bonds is 3. The van der Waals surface area contributed by atoms with E-state index in [4.69, 9.17) is 22.3 Å². The maximum absolute atomic E-state index is 6.25. The Bertz CT molecular complexity index is 1040. The number of nitrogen functional groups attached to an aromatic ring is 1. The summed E-state index contributed by atoms with van der Waals surface area (Å²) in [5, 5.41) is 11.8. The van der Waals surface area contributed by atoms with Crippen LogP contribution in [0.5, 0.6) is 0 Å². The van der Waals surface area contributed by atoms with Gasteiger partial charge in [-0.1, -0.05) is 41.1 Å². The Morgan fingerprint density at radius 2 is 1.84 bits per heavy atom. The Balaban J connectivity index is 1.72. The number of benzene rings is 2. The van der Waals surface area contributed by atoms with Crippen LogP contribution < -0.4 is 5.73 Å². The largest absolute Gasteiger partial charge is 0.382 e. The highest BCUT2D eigenvalue weighted by Crippen LogP contribution is 2.32. The van der Waals surface area contributed by atoms with E-state index in [2.05, 4.69) is 29.4 Å². The molecule has 0 aliphatic heterocycles. The second-order valence-corrected chi connectivity index (χ2v) is 6.86. The van der Waals surface area contributed by atoms with Crippen LogP contribution in [0.4, 0.5) is 5.82 Å². The average Bonchev–Trinajstić information content (AvgIpc) is 3.23. The van der Waals surface area contributed by atoms with Crippen molar-refractivity contribution in [2.24, 2.45) is 0 Å². The number of aromatic nitrogens is 4. The topological polar surface area (TPSA) is 69.6 Å². The minimum atomic E-state index is 0.452. The fourth-order valence-electron chi connectivity index (χ4n) is 2.58. The Morgan fingerprint density at radius 3 is 2.60 bits per heavy atom. The second kappa shape index (κ2) is 6.31. The molecule has 2 aromatic heterocycles. The summed E-state index contributed by atoms with van der Waals surface area (Å²) in [6.07, 6.45) is 0. The second-order valence-electron chi connectivity index (χ2n) is 5.56. The number of anilines is 1. The fourth-order valence-corrected chi connectivity index (χ4v) is 3.52. The van der Waals surface area contributed by atoms with Crippen molar-refractivity contribution in [1.82, 2.24) is 20.0 Å². The van der Waals surface area contributed by atoms with Crippen LogP contribution in [0.2, 0.25) is 5.02 Å². The summed E-state index contributed by atoms with van der Waals surface area (Å²) in [7, 11) is 0. The van der Waals surface area contributed by atoms with Crippen molar-refractivity contribution in [3.63, 3.8) is 0 Å². The number of hydrogen-bond donors (Lipinski definition) is 1. The fraction of sp³-hybridized carbons (Fsp3) is 0.0556. The molecule has 0 saturated carbocycles. The average molecular weight is 368 g/mol. The molecule has 0 saturated heterocycles. The van der Waals surface area contributed by atoms with Crippen molar-refractivity contribution in [3.05, 3.63) is 64.5 Å². The first-order chi connectivity index (χ1) is 12.1. The summed E-state index contributed by atoms with van der Waals surface area (Å²) in [6.45, 7) is 2.07. The van der Waals surface area contributed by atoms with E-state index >= 15 is 0 Å². The van der Waals surface area contributed by atoms with Gasteiger partial charge in [0.25, 0.3) is 0 Å². The number of aryl methyl sites for hydroxylation is 1. The van der Waals surface area contributed by atoms with Crippen molar-refractivity contribution in [2.75, 3.05) is 5.73 Å². The first kappa shape index (κ1) is 15.8. The van der Waals surface area contributed by atoms with Crippen LogP contribution in [-0.2, 0) is 0 Å². The van der Waals surface area contributed by atoms with Crippen LogP contribution in [0.1, 0.15) is 5.56 Å². The van der Waals surface area contributed by atoms with Gasteiger partial charge in [-0.25, -0.2) is 4.98 Å². The van der Waals surface area contributed by atoms with Gasteiger partial charge in [0.05, 0.1) is 11.4 Å². The maximum Gasteiger partial charge on any atom is 0.165 e. The van der Waals surface area contributed by atoms with Crippen molar-refractivity contribution >= 4 is 28.8 Å². The van der Waals surface area contributed by atoms with Gasteiger partial charge in [-0.05, 0) is 36.8 Å². The van der Waals surface area contributed by atoms with Gasteiger partial charge in [0.2, 0.25) is 0 Å². The zero-order valence-electron chi connectivity index (χ0n) is 13.3. The van der Waals surface area contributed by atoms with E-state index in [0.717, 1.165) is 22.0 Å². The minimum absolute atomic E-state index is 0.452. The molecule has 0 aliphatic rings. The Hall–Kier alpha value is -2.70. The quantitative estimate of drug-likeness (QED) is 0.574. The Kier molecular flexibility index (Phi) is 3.99. The molecule has 5 nitrogen and oxygen atoms in total. The molecule has 2 heterocycles. The molecule has 25 heavy (non-hydrogen) atoms. The first-order valence-corrected chi connectivity index (χ1v) is 8.88. The van der Waals surface area contributed by atoms with Gasteiger partial charge in [-0.15, -0.1) is 16.4 Å². The van der Waals surface area contributed by atoms with Crippen LogP contribution in [0.3, 0.4) is 0 Å². The third-order valence-corrected chi connectivity index (χ3v) is 5.00. The van der Waals surface area contributed by atoms with Crippen molar-refractivity contribution in [3.8, 4) is 27.6 Å². The number of thiazole rings is 1. The minimum Gasteiger partial charge on any atom is -0.382 e. The molecular weight excluding hydrogens is 354 g/mol. The molecule has 2 aromatic carbocycles. The highest BCUT2D eigenvalue weighted by atomic mass is 35.5. The van der Waals surface area contributed by atoms with Crippen LogP contribution in [0.25, 0.3) is 27.6 Å². The van der Waals surface area contributed by atoms with Gasteiger partial charge < -0.3 is 5.73 Å². The SMILES string of the molecule is Cc1ccccc1-c1csc(-c2nnn(-c3ccc(Cl)cc3)c2N)n1. The highest BCUT2D eigenvalue weighted by molar-refractivity contribution is 7.13. The molecule has 0 amide bonds. The van der Waals surface area contributed by atoms with E-state index in [1.54, 1.807) is 16.8 Å². The molecule has 124 valence electrons. The van der Waals surface area contributed by atoms with Crippen LogP contribution in [-0.4, -0.2) is 20.0 Å². The molecule has 0 bridgehead atoms. The van der Waals surface area contributed by atoms with Gasteiger partial charge in [0, 0.05) is 16.0 Å².